The van der Waals surface area contributed by atoms with Crippen molar-refractivity contribution in [3.8, 4) is 5.75 Å². The van der Waals surface area contributed by atoms with Crippen LogP contribution in [0.3, 0.4) is 0 Å². The molecule has 1 aliphatic carbocycles. The fraction of sp³-hybridized carbons (Fsp3) is 0.300. The number of rotatable bonds is 4. The van der Waals surface area contributed by atoms with Gasteiger partial charge in [0.25, 0.3) is 0 Å². The summed E-state index contributed by atoms with van der Waals surface area (Å²) >= 11 is 4.29. The number of methoxy groups -OCH3 is 2. The van der Waals surface area contributed by atoms with E-state index in [1.807, 2.05) is 6.07 Å². The minimum atomic E-state index is -0.698. The zero-order valence-corrected chi connectivity index (χ0v) is 18.0. The van der Waals surface area contributed by atoms with Gasteiger partial charge in [0.15, 0.2) is 0 Å². The van der Waals surface area contributed by atoms with E-state index < -0.39 is 17.9 Å². The topological polar surface area (TPSA) is 65.1 Å². The molecule has 0 N–H and O–H groups in total. The molecule has 1 amide bonds. The van der Waals surface area contributed by atoms with Crippen LogP contribution in [0.1, 0.15) is 28.3 Å². The number of fused-ring (bicyclic) bond motifs is 3. The fourth-order valence-corrected chi connectivity index (χ4v) is 4.86. The number of benzene rings is 2. The van der Waals surface area contributed by atoms with Crippen LogP contribution < -0.4 is 9.04 Å². The van der Waals surface area contributed by atoms with Gasteiger partial charge in [-0.15, -0.1) is 0 Å². The van der Waals surface area contributed by atoms with Crippen LogP contribution in [0.15, 0.2) is 39.7 Å². The predicted octanol–water partition coefficient (Wildman–Crippen LogP) is 5.15. The van der Waals surface area contributed by atoms with Gasteiger partial charge in [0, 0.05) is 15.3 Å². The van der Waals surface area contributed by atoms with Crippen molar-refractivity contribution in [1.29, 1.82) is 0 Å². The van der Waals surface area contributed by atoms with Crippen LogP contribution in [-0.2, 0) is 9.47 Å². The molecule has 1 aliphatic heterocycles. The van der Waals surface area contributed by atoms with Gasteiger partial charge in [-0.25, -0.2) is 18.3 Å². The highest BCUT2D eigenvalue weighted by molar-refractivity contribution is 9.10. The van der Waals surface area contributed by atoms with Gasteiger partial charge in [-0.3, -0.25) is 0 Å². The highest BCUT2D eigenvalue weighted by Crippen LogP contribution is 2.56. The highest BCUT2D eigenvalue weighted by atomic mass is 79.9. The number of carbonyl (C=O) groups is 2. The van der Waals surface area contributed by atoms with Crippen LogP contribution in [0.2, 0.25) is 0 Å². The Bertz CT molecular complexity index is 1000. The molecule has 6 nitrogen and oxygen atoms in total. The van der Waals surface area contributed by atoms with E-state index in [0.717, 1.165) is 23.9 Å². The number of halogens is 2. The smallest absolute Gasteiger partial charge is 0.424 e. The van der Waals surface area contributed by atoms with Gasteiger partial charge in [0.2, 0.25) is 0 Å². The SMILES string of the molecule is COC(=O)c1c(N(Sc2ccc(F)cc2Br)C(=O)OC)ccc2c1OCC1CC21. The van der Waals surface area contributed by atoms with Gasteiger partial charge >= 0.3 is 12.1 Å². The molecule has 2 aromatic carbocycles. The van der Waals surface area contributed by atoms with Gasteiger partial charge in [-0.1, -0.05) is 6.07 Å². The second-order valence-electron chi connectivity index (χ2n) is 6.71. The molecule has 0 bridgehead atoms. The van der Waals surface area contributed by atoms with Crippen molar-refractivity contribution in [2.75, 3.05) is 25.1 Å². The Balaban J connectivity index is 1.82. The minimum absolute atomic E-state index is 0.173. The van der Waals surface area contributed by atoms with E-state index in [2.05, 4.69) is 15.9 Å². The number of hydrogen-bond acceptors (Lipinski definition) is 6. The number of esters is 1. The molecule has 29 heavy (non-hydrogen) atoms. The summed E-state index contributed by atoms with van der Waals surface area (Å²) in [5, 5.41) is 0. The predicted molar refractivity (Wildman–Crippen MR) is 109 cm³/mol. The molecule has 1 heterocycles. The lowest BCUT2D eigenvalue weighted by Gasteiger charge is -2.26. The number of carbonyl (C=O) groups excluding carboxylic acids is 2. The lowest BCUT2D eigenvalue weighted by atomic mass is 10.00. The lowest BCUT2D eigenvalue weighted by molar-refractivity contribution is 0.0596. The Morgan fingerprint density at radius 3 is 2.72 bits per heavy atom. The van der Waals surface area contributed by atoms with Crippen molar-refractivity contribution in [3.05, 3.63) is 51.7 Å². The second-order valence-corrected chi connectivity index (χ2v) is 8.56. The summed E-state index contributed by atoms with van der Waals surface area (Å²) in [6.07, 6.45) is 0.321. The highest BCUT2D eigenvalue weighted by Gasteiger charge is 2.46. The molecule has 9 heteroatoms. The maximum atomic E-state index is 13.5. The van der Waals surface area contributed by atoms with Crippen molar-refractivity contribution in [1.82, 2.24) is 0 Å². The molecule has 1 saturated carbocycles. The van der Waals surface area contributed by atoms with Crippen LogP contribution in [-0.4, -0.2) is 32.9 Å². The number of amides is 1. The summed E-state index contributed by atoms with van der Waals surface area (Å²) in [7, 11) is 2.53. The third-order valence-electron chi connectivity index (χ3n) is 4.96. The van der Waals surface area contributed by atoms with Crippen molar-refractivity contribution in [3.63, 3.8) is 0 Å². The number of nitrogens with zero attached hydrogens (tertiary/aromatic N) is 1. The Morgan fingerprint density at radius 2 is 2.03 bits per heavy atom. The Labute approximate surface area is 179 Å². The zero-order valence-electron chi connectivity index (χ0n) is 15.6. The van der Waals surface area contributed by atoms with Gasteiger partial charge < -0.3 is 14.2 Å². The van der Waals surface area contributed by atoms with Crippen molar-refractivity contribution < 1.29 is 28.2 Å². The molecule has 152 valence electrons. The average molecular weight is 482 g/mol. The van der Waals surface area contributed by atoms with E-state index in [4.69, 9.17) is 14.2 Å². The van der Waals surface area contributed by atoms with Crippen LogP contribution in [0.25, 0.3) is 0 Å². The third-order valence-corrected chi connectivity index (χ3v) is 6.96. The molecule has 0 spiro atoms. The van der Waals surface area contributed by atoms with Gasteiger partial charge in [0.05, 0.1) is 26.5 Å². The molecule has 2 aromatic rings. The molecule has 2 unspecified atom stereocenters. The standard InChI is InChI=1S/C20H17BrFNO5S/c1-26-19(24)17-15(5-4-12-13-7-10(13)9-28-18(12)17)23(20(25)27-2)29-16-6-3-11(22)8-14(16)21/h3-6,8,10,13H,7,9H2,1-2H3. The van der Waals surface area contributed by atoms with Gasteiger partial charge in [-0.05, 0) is 70.0 Å². The molecule has 0 aromatic heterocycles. The van der Waals surface area contributed by atoms with Crippen LogP contribution in [0.5, 0.6) is 5.75 Å². The maximum Gasteiger partial charge on any atom is 0.424 e. The molecule has 2 atom stereocenters. The summed E-state index contributed by atoms with van der Waals surface area (Å²) < 4.78 is 30.9. The molecule has 0 radical (unpaired) electrons. The molecular weight excluding hydrogens is 465 g/mol. The molecule has 1 fully saturated rings. The molecule has 4 rings (SSSR count). The first-order valence-corrected chi connectivity index (χ1v) is 10.4. The molecular formula is C20H17BrFNO5S. The van der Waals surface area contributed by atoms with E-state index >= 15 is 0 Å². The average Bonchev–Trinajstić information content (AvgIpc) is 3.51. The minimum Gasteiger partial charge on any atom is -0.492 e. The summed E-state index contributed by atoms with van der Waals surface area (Å²) in [5.74, 6) is 0.258. The quantitative estimate of drug-likeness (QED) is 0.444. The largest absolute Gasteiger partial charge is 0.492 e. The van der Waals surface area contributed by atoms with Gasteiger partial charge in [0.1, 0.15) is 17.1 Å². The first-order chi connectivity index (χ1) is 13.9. The normalized spacial score (nSPS) is 18.8. The summed E-state index contributed by atoms with van der Waals surface area (Å²) in [5.41, 5.74) is 1.40. The Morgan fingerprint density at radius 1 is 1.24 bits per heavy atom. The van der Waals surface area contributed by atoms with E-state index in [0.29, 0.717) is 33.6 Å². The summed E-state index contributed by atoms with van der Waals surface area (Å²) in [4.78, 5) is 25.8. The number of ether oxygens (including phenoxy) is 3. The van der Waals surface area contributed by atoms with Crippen LogP contribution in [0.4, 0.5) is 14.9 Å². The van der Waals surface area contributed by atoms with E-state index in [9.17, 15) is 14.0 Å². The first kappa shape index (κ1) is 20.0. The van der Waals surface area contributed by atoms with E-state index in [-0.39, 0.29) is 11.3 Å². The zero-order chi connectivity index (χ0) is 20.7. The Kier molecular flexibility index (Phi) is 5.44. The number of anilines is 1. The lowest BCUT2D eigenvalue weighted by Crippen LogP contribution is -2.27. The van der Waals surface area contributed by atoms with Crippen LogP contribution >= 0.6 is 27.9 Å². The summed E-state index contributed by atoms with van der Waals surface area (Å²) in [6.45, 7) is 0.528. The van der Waals surface area contributed by atoms with E-state index in [1.54, 1.807) is 6.07 Å². The summed E-state index contributed by atoms with van der Waals surface area (Å²) in [6, 6.07) is 7.67. The fourth-order valence-electron chi connectivity index (χ4n) is 3.42. The third kappa shape index (κ3) is 3.69. The van der Waals surface area contributed by atoms with Crippen molar-refractivity contribution in [2.24, 2.45) is 5.92 Å². The number of hydrogen-bond donors (Lipinski definition) is 0. The van der Waals surface area contributed by atoms with Crippen LogP contribution in [0, 0.1) is 11.7 Å². The molecule has 0 saturated heterocycles. The Hall–Kier alpha value is -2.26. The van der Waals surface area contributed by atoms with Gasteiger partial charge in [-0.2, -0.15) is 0 Å². The monoisotopic (exact) mass is 481 g/mol. The maximum absolute atomic E-state index is 13.5. The first-order valence-electron chi connectivity index (χ1n) is 8.83. The second kappa shape index (κ2) is 7.87. The molecule has 2 aliphatic rings. The van der Waals surface area contributed by atoms with E-state index in [1.165, 1.54) is 36.7 Å². The van der Waals surface area contributed by atoms with Crippen molar-refractivity contribution >= 4 is 45.6 Å². The van der Waals surface area contributed by atoms with Crippen molar-refractivity contribution in [2.45, 2.75) is 17.2 Å².